The minimum Gasteiger partial charge on any atom is -0.481 e. The molecule has 0 spiro atoms. The molecule has 1 aliphatic heterocycles. The van der Waals surface area contributed by atoms with Gasteiger partial charge in [0.15, 0.2) is 6.61 Å². The number of halogens is 1. The van der Waals surface area contributed by atoms with E-state index in [2.05, 4.69) is 21.2 Å². The zero-order valence-corrected chi connectivity index (χ0v) is 20.3. The quantitative estimate of drug-likeness (QED) is 0.397. The van der Waals surface area contributed by atoms with Gasteiger partial charge in [0.2, 0.25) is 5.91 Å². The number of benzene rings is 2. The molecule has 0 saturated carbocycles. The van der Waals surface area contributed by atoms with Crippen LogP contribution in [0.25, 0.3) is 6.08 Å². The molecular weight excluding hydrogens is 512 g/mol. The Bertz CT molecular complexity index is 1130. The van der Waals surface area contributed by atoms with E-state index in [-0.39, 0.29) is 18.1 Å². The smallest absolute Gasteiger partial charge is 0.344 e. The lowest BCUT2D eigenvalue weighted by atomic mass is 10.2. The van der Waals surface area contributed by atoms with Crippen LogP contribution < -0.4 is 10.1 Å². The predicted molar refractivity (Wildman–Crippen MR) is 129 cm³/mol. The summed E-state index contributed by atoms with van der Waals surface area (Å²) in [5.41, 5.74) is 1.97. The highest BCUT2D eigenvalue weighted by Crippen LogP contribution is 2.35. The van der Waals surface area contributed by atoms with Crippen LogP contribution >= 0.6 is 27.7 Å². The number of nitrogens with zero attached hydrogens (tertiary/aromatic N) is 1. The Morgan fingerprint density at radius 3 is 2.67 bits per heavy atom. The summed E-state index contributed by atoms with van der Waals surface area (Å²) in [6.07, 6.45) is 1.50. The highest BCUT2D eigenvalue weighted by atomic mass is 79.9. The number of ether oxygens (including phenoxy) is 2. The average Bonchev–Trinajstić information content (AvgIpc) is 3.02. The van der Waals surface area contributed by atoms with Crippen LogP contribution in [-0.2, 0) is 19.1 Å². The van der Waals surface area contributed by atoms with Gasteiger partial charge in [-0.05, 0) is 61.5 Å². The van der Waals surface area contributed by atoms with E-state index in [4.69, 9.17) is 9.47 Å². The molecule has 2 aromatic rings. The normalized spacial score (nSPS) is 14.5. The molecule has 3 amide bonds. The molecule has 0 radical (unpaired) electrons. The first-order valence-corrected chi connectivity index (χ1v) is 11.6. The molecule has 33 heavy (non-hydrogen) atoms. The van der Waals surface area contributed by atoms with Gasteiger partial charge in [-0.15, -0.1) is 0 Å². The van der Waals surface area contributed by atoms with Gasteiger partial charge < -0.3 is 14.8 Å². The summed E-state index contributed by atoms with van der Waals surface area (Å²) < 4.78 is 11.1. The van der Waals surface area contributed by atoms with Crippen molar-refractivity contribution in [3.05, 3.63) is 63.0 Å². The van der Waals surface area contributed by atoms with Crippen molar-refractivity contribution < 1.29 is 28.7 Å². The van der Waals surface area contributed by atoms with Crippen LogP contribution in [0, 0.1) is 6.92 Å². The molecule has 0 aromatic heterocycles. The number of anilines is 1. The second-order valence-electron chi connectivity index (χ2n) is 6.91. The zero-order chi connectivity index (χ0) is 24.0. The number of amides is 3. The fourth-order valence-electron chi connectivity index (χ4n) is 2.93. The Kier molecular flexibility index (Phi) is 8.29. The van der Waals surface area contributed by atoms with Crippen molar-refractivity contribution in [2.24, 2.45) is 0 Å². The molecule has 1 heterocycles. The van der Waals surface area contributed by atoms with Gasteiger partial charge in [0.05, 0.1) is 11.5 Å². The van der Waals surface area contributed by atoms with Crippen LogP contribution in [0.3, 0.4) is 0 Å². The van der Waals surface area contributed by atoms with Crippen LogP contribution in [0.1, 0.15) is 18.1 Å². The van der Waals surface area contributed by atoms with Crippen LogP contribution in [0.5, 0.6) is 5.75 Å². The minimum atomic E-state index is -0.582. The topological polar surface area (TPSA) is 102 Å². The maximum absolute atomic E-state index is 12.8. The highest BCUT2D eigenvalue weighted by molar-refractivity contribution is 9.10. The maximum atomic E-state index is 12.8. The largest absolute Gasteiger partial charge is 0.481 e. The molecular formula is C23H21BrN2O6S. The predicted octanol–water partition coefficient (Wildman–Crippen LogP) is 4.37. The number of thioether (sulfide) groups is 1. The molecule has 0 atom stereocenters. The van der Waals surface area contributed by atoms with Crippen LogP contribution in [-0.4, -0.2) is 47.7 Å². The number of rotatable bonds is 8. The van der Waals surface area contributed by atoms with Crippen LogP contribution in [0.2, 0.25) is 0 Å². The van der Waals surface area contributed by atoms with E-state index >= 15 is 0 Å². The minimum absolute atomic E-state index is 0.141. The van der Waals surface area contributed by atoms with Crippen molar-refractivity contribution in [1.82, 2.24) is 4.90 Å². The summed E-state index contributed by atoms with van der Waals surface area (Å²) >= 11 is 4.09. The molecule has 1 saturated heterocycles. The molecule has 1 N–H and O–H groups in total. The van der Waals surface area contributed by atoms with Gasteiger partial charge in [0.25, 0.3) is 11.1 Å². The van der Waals surface area contributed by atoms with Gasteiger partial charge in [-0.25, -0.2) is 4.79 Å². The third-order valence-electron chi connectivity index (χ3n) is 4.50. The summed E-state index contributed by atoms with van der Waals surface area (Å²) in [6, 6.07) is 12.3. The summed E-state index contributed by atoms with van der Waals surface area (Å²) in [5, 5.41) is 2.17. The van der Waals surface area contributed by atoms with Gasteiger partial charge in [0.1, 0.15) is 12.3 Å². The summed E-state index contributed by atoms with van der Waals surface area (Å²) in [5.74, 6) is -1.24. The number of hydrogen-bond donors (Lipinski definition) is 1. The molecule has 0 unspecified atom stereocenters. The van der Waals surface area contributed by atoms with E-state index in [0.29, 0.717) is 21.5 Å². The van der Waals surface area contributed by atoms with Crippen molar-refractivity contribution in [2.45, 2.75) is 13.8 Å². The van der Waals surface area contributed by atoms with Crippen LogP contribution in [0.4, 0.5) is 10.5 Å². The van der Waals surface area contributed by atoms with Crippen molar-refractivity contribution in [1.29, 1.82) is 0 Å². The Balaban J connectivity index is 1.74. The van der Waals surface area contributed by atoms with Crippen molar-refractivity contribution in [3.8, 4) is 5.75 Å². The van der Waals surface area contributed by atoms with Gasteiger partial charge >= 0.3 is 5.97 Å². The first kappa shape index (κ1) is 24.5. The van der Waals surface area contributed by atoms with Gasteiger partial charge in [-0.1, -0.05) is 34.1 Å². The third kappa shape index (κ3) is 6.45. The van der Waals surface area contributed by atoms with E-state index in [1.807, 2.05) is 19.1 Å². The van der Waals surface area contributed by atoms with Gasteiger partial charge in [-0.2, -0.15) is 0 Å². The van der Waals surface area contributed by atoms with Gasteiger partial charge in [-0.3, -0.25) is 19.3 Å². The fourth-order valence-corrected chi connectivity index (χ4v) is 4.13. The number of esters is 1. The lowest BCUT2D eigenvalue weighted by Gasteiger charge is -2.13. The van der Waals surface area contributed by atoms with E-state index in [9.17, 15) is 19.2 Å². The first-order valence-electron chi connectivity index (χ1n) is 9.97. The Hall–Kier alpha value is -3.11. The van der Waals surface area contributed by atoms with E-state index in [1.165, 1.54) is 6.08 Å². The van der Waals surface area contributed by atoms with E-state index in [0.717, 1.165) is 22.2 Å². The van der Waals surface area contributed by atoms with Crippen molar-refractivity contribution in [3.63, 3.8) is 0 Å². The van der Waals surface area contributed by atoms with E-state index in [1.54, 1.807) is 37.3 Å². The molecule has 1 fully saturated rings. The molecule has 2 aromatic carbocycles. The number of imide groups is 1. The fraction of sp³-hybridized carbons (Fsp3) is 0.217. The molecule has 10 heteroatoms. The van der Waals surface area contributed by atoms with Crippen molar-refractivity contribution >= 4 is 62.5 Å². The SMILES string of the molecule is CCOC(=O)COc1ccc(Br)cc1/C=C1/SC(=O)N(CC(=O)Nc2ccccc2C)C1=O. The lowest BCUT2D eigenvalue weighted by Crippen LogP contribution is -2.36. The van der Waals surface area contributed by atoms with Crippen LogP contribution in [0.15, 0.2) is 51.8 Å². The number of carbonyl (C=O) groups is 4. The number of carbonyl (C=O) groups excluding carboxylic acids is 4. The number of aryl methyl sites for hydroxylation is 1. The lowest BCUT2D eigenvalue weighted by molar-refractivity contribution is -0.145. The summed E-state index contributed by atoms with van der Waals surface area (Å²) in [6.45, 7) is 3.08. The van der Waals surface area contributed by atoms with Crippen molar-refractivity contribution in [2.75, 3.05) is 25.1 Å². The van der Waals surface area contributed by atoms with Gasteiger partial charge in [0, 0.05) is 15.7 Å². The average molecular weight is 533 g/mol. The molecule has 0 bridgehead atoms. The van der Waals surface area contributed by atoms with E-state index < -0.39 is 29.6 Å². The first-order chi connectivity index (χ1) is 15.8. The molecule has 172 valence electrons. The Morgan fingerprint density at radius 1 is 1.18 bits per heavy atom. The Labute approximate surface area is 203 Å². The zero-order valence-electron chi connectivity index (χ0n) is 17.9. The molecule has 1 aliphatic rings. The molecule has 8 nitrogen and oxygen atoms in total. The maximum Gasteiger partial charge on any atom is 0.344 e. The monoisotopic (exact) mass is 532 g/mol. The highest BCUT2D eigenvalue weighted by Gasteiger charge is 2.36. The standard InChI is InChI=1S/C23H21BrN2O6S/c1-3-31-21(28)13-32-18-9-8-16(24)10-15(18)11-19-22(29)26(23(30)33-19)12-20(27)25-17-7-5-4-6-14(17)2/h4-11H,3,12-13H2,1-2H3,(H,25,27)/b19-11+. The third-order valence-corrected chi connectivity index (χ3v) is 5.90. The summed E-state index contributed by atoms with van der Waals surface area (Å²) in [7, 11) is 0. The molecule has 3 rings (SSSR count). The molecule has 0 aliphatic carbocycles. The second-order valence-corrected chi connectivity index (χ2v) is 8.82. The summed E-state index contributed by atoms with van der Waals surface area (Å²) in [4.78, 5) is 50.3. The second kappa shape index (κ2) is 11.2. The number of hydrogen-bond acceptors (Lipinski definition) is 7. The number of para-hydroxylation sites is 1. The number of nitrogens with one attached hydrogen (secondary N) is 1. The Morgan fingerprint density at radius 2 is 1.94 bits per heavy atom.